The van der Waals surface area contributed by atoms with E-state index in [2.05, 4.69) is 32.6 Å². The Morgan fingerprint density at radius 3 is 2.17 bits per heavy atom. The quantitative estimate of drug-likeness (QED) is 0.789. The third kappa shape index (κ3) is 4.23. The molecular weight excluding hydrogens is 232 g/mol. The molecule has 1 unspecified atom stereocenters. The van der Waals surface area contributed by atoms with Crippen molar-refractivity contribution in [1.29, 1.82) is 0 Å². The van der Waals surface area contributed by atoms with Crippen LogP contribution in [-0.2, 0) is 9.53 Å². The van der Waals surface area contributed by atoms with E-state index in [9.17, 15) is 4.79 Å². The fourth-order valence-corrected chi connectivity index (χ4v) is 2.60. The van der Waals surface area contributed by atoms with Crippen LogP contribution in [-0.4, -0.2) is 52.4 Å². The molecule has 0 aliphatic carbocycles. The first-order valence-electron chi connectivity index (χ1n) is 6.38. The van der Waals surface area contributed by atoms with Crippen molar-refractivity contribution >= 4 is 5.97 Å². The van der Waals surface area contributed by atoms with Gasteiger partial charge < -0.3 is 15.6 Å². The minimum absolute atomic E-state index is 0.212. The Kier molecular flexibility index (Phi) is 4.10. The maximum atomic E-state index is 11.0. The Labute approximate surface area is 109 Å². The Balaban J connectivity index is 2.60. The van der Waals surface area contributed by atoms with Crippen molar-refractivity contribution in [3.8, 4) is 0 Å². The Bertz CT molecular complexity index is 308. The van der Waals surface area contributed by atoms with Gasteiger partial charge in [-0.1, -0.05) is 0 Å². The minimum Gasteiger partial charge on any atom is -0.480 e. The number of aliphatic carboxylic acids is 1. The molecule has 0 amide bonds. The van der Waals surface area contributed by atoms with Crippen LogP contribution in [0, 0.1) is 0 Å². The molecule has 5 nitrogen and oxygen atoms in total. The number of hydrogen-bond acceptors (Lipinski definition) is 4. The fourth-order valence-electron chi connectivity index (χ4n) is 2.60. The number of carboxylic acids is 1. The van der Waals surface area contributed by atoms with E-state index in [1.807, 2.05) is 0 Å². The number of morpholine rings is 1. The summed E-state index contributed by atoms with van der Waals surface area (Å²) in [7, 11) is 0. The smallest absolute Gasteiger partial charge is 0.323 e. The second-order valence-corrected chi connectivity index (χ2v) is 6.80. The SMILES string of the molecule is CC1(C)CN(CCC(C)(N)C(=O)O)CC(C)(C)O1. The van der Waals surface area contributed by atoms with Crippen LogP contribution in [0.2, 0.25) is 0 Å². The Hall–Kier alpha value is -0.650. The third-order valence-corrected chi connectivity index (χ3v) is 3.20. The topological polar surface area (TPSA) is 75.8 Å². The lowest BCUT2D eigenvalue weighted by Crippen LogP contribution is -2.58. The van der Waals surface area contributed by atoms with Gasteiger partial charge >= 0.3 is 5.97 Å². The number of carboxylic acid groups (broad SMARTS) is 1. The maximum absolute atomic E-state index is 11.0. The van der Waals surface area contributed by atoms with Crippen molar-refractivity contribution in [3.63, 3.8) is 0 Å². The van der Waals surface area contributed by atoms with Gasteiger partial charge in [-0.3, -0.25) is 9.69 Å². The standard InChI is InChI=1S/C13H26N2O3/c1-11(2)8-15(9-12(3,4)18-11)7-6-13(5,14)10(16)17/h6-9,14H2,1-5H3,(H,16,17). The van der Waals surface area contributed by atoms with E-state index in [-0.39, 0.29) is 11.2 Å². The van der Waals surface area contributed by atoms with Crippen molar-refractivity contribution in [1.82, 2.24) is 4.90 Å². The molecule has 0 spiro atoms. The summed E-state index contributed by atoms with van der Waals surface area (Å²) >= 11 is 0. The van der Waals surface area contributed by atoms with Gasteiger partial charge in [-0.25, -0.2) is 0 Å². The van der Waals surface area contributed by atoms with Crippen molar-refractivity contribution < 1.29 is 14.6 Å². The molecule has 3 N–H and O–H groups in total. The first-order valence-corrected chi connectivity index (χ1v) is 6.38. The molecule has 1 saturated heterocycles. The highest BCUT2D eigenvalue weighted by atomic mass is 16.5. The van der Waals surface area contributed by atoms with E-state index in [1.54, 1.807) is 6.92 Å². The van der Waals surface area contributed by atoms with Crippen LogP contribution in [0.5, 0.6) is 0 Å². The van der Waals surface area contributed by atoms with Gasteiger partial charge in [0.2, 0.25) is 0 Å². The van der Waals surface area contributed by atoms with Crippen LogP contribution in [0.15, 0.2) is 0 Å². The molecule has 0 aromatic rings. The maximum Gasteiger partial charge on any atom is 0.323 e. The van der Waals surface area contributed by atoms with E-state index in [0.717, 1.165) is 13.1 Å². The summed E-state index contributed by atoms with van der Waals surface area (Å²) in [6.07, 6.45) is 0.439. The molecule has 1 heterocycles. The van der Waals surface area contributed by atoms with Gasteiger partial charge in [0.05, 0.1) is 11.2 Å². The summed E-state index contributed by atoms with van der Waals surface area (Å²) < 4.78 is 5.98. The monoisotopic (exact) mass is 258 g/mol. The average molecular weight is 258 g/mol. The normalized spacial score (nSPS) is 26.6. The molecule has 1 rings (SSSR count). The van der Waals surface area contributed by atoms with Crippen molar-refractivity contribution in [2.75, 3.05) is 19.6 Å². The third-order valence-electron chi connectivity index (χ3n) is 3.20. The molecule has 1 atom stereocenters. The van der Waals surface area contributed by atoms with Crippen LogP contribution in [0.1, 0.15) is 41.0 Å². The molecule has 106 valence electrons. The molecule has 0 aromatic carbocycles. The van der Waals surface area contributed by atoms with E-state index in [4.69, 9.17) is 15.6 Å². The van der Waals surface area contributed by atoms with Crippen molar-refractivity contribution in [2.24, 2.45) is 5.73 Å². The van der Waals surface area contributed by atoms with Gasteiger partial charge in [0.25, 0.3) is 0 Å². The predicted octanol–water partition coefficient (Wildman–Crippen LogP) is 1.07. The fraction of sp³-hybridized carbons (Fsp3) is 0.923. The van der Waals surface area contributed by atoms with Gasteiger partial charge in [0.1, 0.15) is 5.54 Å². The summed E-state index contributed by atoms with van der Waals surface area (Å²) in [5.41, 5.74) is 4.17. The lowest BCUT2D eigenvalue weighted by molar-refractivity contribution is -0.181. The number of hydrogen-bond donors (Lipinski definition) is 2. The summed E-state index contributed by atoms with van der Waals surface area (Å²) in [5, 5.41) is 9.01. The summed E-state index contributed by atoms with van der Waals surface area (Å²) in [5.74, 6) is -0.950. The largest absolute Gasteiger partial charge is 0.480 e. The van der Waals surface area contributed by atoms with Crippen molar-refractivity contribution in [2.45, 2.75) is 57.8 Å². The molecule has 1 aliphatic heterocycles. The summed E-state index contributed by atoms with van der Waals surface area (Å²) in [4.78, 5) is 13.2. The van der Waals surface area contributed by atoms with Crippen LogP contribution < -0.4 is 5.73 Å². The number of ether oxygens (including phenoxy) is 1. The summed E-state index contributed by atoms with van der Waals surface area (Å²) in [6, 6.07) is 0. The van der Waals surface area contributed by atoms with E-state index < -0.39 is 11.5 Å². The van der Waals surface area contributed by atoms with Crippen molar-refractivity contribution in [3.05, 3.63) is 0 Å². The average Bonchev–Trinajstić information content (AvgIpc) is 2.09. The predicted molar refractivity (Wildman–Crippen MR) is 70.5 cm³/mol. The molecule has 0 saturated carbocycles. The molecule has 0 radical (unpaired) electrons. The zero-order chi connectivity index (χ0) is 14.2. The molecular formula is C13H26N2O3. The molecule has 0 bridgehead atoms. The van der Waals surface area contributed by atoms with E-state index >= 15 is 0 Å². The van der Waals surface area contributed by atoms with Gasteiger partial charge in [0, 0.05) is 19.6 Å². The van der Waals surface area contributed by atoms with Crippen LogP contribution in [0.25, 0.3) is 0 Å². The van der Waals surface area contributed by atoms with Gasteiger partial charge in [-0.15, -0.1) is 0 Å². The molecule has 5 heteroatoms. The first-order chi connectivity index (χ1) is 7.94. The molecule has 1 fully saturated rings. The zero-order valence-electron chi connectivity index (χ0n) is 12.1. The highest BCUT2D eigenvalue weighted by molar-refractivity contribution is 5.77. The van der Waals surface area contributed by atoms with Gasteiger partial charge in [-0.2, -0.15) is 0 Å². The molecule has 1 aliphatic rings. The number of rotatable bonds is 4. The number of nitrogens with two attached hydrogens (primary N) is 1. The highest BCUT2D eigenvalue weighted by Gasteiger charge is 2.39. The number of nitrogens with zero attached hydrogens (tertiary/aromatic N) is 1. The Morgan fingerprint density at radius 1 is 1.33 bits per heavy atom. The first kappa shape index (κ1) is 15.4. The van der Waals surface area contributed by atoms with E-state index in [1.165, 1.54) is 0 Å². The lowest BCUT2D eigenvalue weighted by Gasteiger charge is -2.47. The zero-order valence-corrected chi connectivity index (χ0v) is 12.1. The minimum atomic E-state index is -1.16. The van der Waals surface area contributed by atoms with Gasteiger partial charge in [-0.05, 0) is 41.0 Å². The Morgan fingerprint density at radius 2 is 1.78 bits per heavy atom. The molecule has 0 aromatic heterocycles. The van der Waals surface area contributed by atoms with Crippen LogP contribution in [0.3, 0.4) is 0 Å². The van der Waals surface area contributed by atoms with Gasteiger partial charge in [0.15, 0.2) is 0 Å². The highest BCUT2D eigenvalue weighted by Crippen LogP contribution is 2.28. The van der Waals surface area contributed by atoms with Crippen LogP contribution >= 0.6 is 0 Å². The molecule has 18 heavy (non-hydrogen) atoms. The van der Waals surface area contributed by atoms with Crippen LogP contribution in [0.4, 0.5) is 0 Å². The second kappa shape index (κ2) is 4.79. The van der Waals surface area contributed by atoms with E-state index in [0.29, 0.717) is 13.0 Å². The lowest BCUT2D eigenvalue weighted by atomic mass is 9.95. The summed E-state index contributed by atoms with van der Waals surface area (Å²) in [6.45, 7) is 12.1. The second-order valence-electron chi connectivity index (χ2n) is 6.80. The number of carbonyl (C=O) groups is 1.